The van der Waals surface area contributed by atoms with Crippen LogP contribution in [-0.2, 0) is 35.9 Å². The molecular formula is C16H23N3O4S. The molecule has 0 aliphatic carbocycles. The second-order valence-electron chi connectivity index (χ2n) is 6.32. The summed E-state index contributed by atoms with van der Waals surface area (Å²) in [6, 6.07) is 5.80. The van der Waals surface area contributed by atoms with Gasteiger partial charge in [0, 0.05) is 25.8 Å². The smallest absolute Gasteiger partial charge is 0.150 e. The third kappa shape index (κ3) is 4.06. The van der Waals surface area contributed by atoms with Gasteiger partial charge in [0.2, 0.25) is 0 Å². The van der Waals surface area contributed by atoms with Gasteiger partial charge in [0.05, 0.1) is 30.2 Å². The van der Waals surface area contributed by atoms with Crippen LogP contribution in [0.3, 0.4) is 0 Å². The van der Waals surface area contributed by atoms with Crippen molar-refractivity contribution >= 4 is 9.84 Å². The first-order valence-electron chi connectivity index (χ1n) is 8.06. The van der Waals surface area contributed by atoms with E-state index in [4.69, 9.17) is 4.42 Å². The zero-order valence-corrected chi connectivity index (χ0v) is 14.8. The van der Waals surface area contributed by atoms with Gasteiger partial charge in [-0.1, -0.05) is 6.92 Å². The number of hydrogen-bond acceptors (Lipinski definition) is 6. The Bertz CT molecular complexity index is 809. The molecule has 3 heterocycles. The Morgan fingerprint density at radius 3 is 2.75 bits per heavy atom. The SMILES string of the molecule is CCc1ccc(CN2CCn3nc([C@@H](O)CS(C)(=O)=O)cc3C2)o1. The number of nitrogens with zero attached hydrogens (tertiary/aromatic N) is 3. The van der Waals surface area contributed by atoms with Crippen LogP contribution < -0.4 is 0 Å². The Morgan fingerprint density at radius 1 is 1.33 bits per heavy atom. The van der Waals surface area contributed by atoms with E-state index in [2.05, 4.69) is 16.9 Å². The van der Waals surface area contributed by atoms with Crippen molar-refractivity contribution in [2.45, 2.75) is 39.1 Å². The van der Waals surface area contributed by atoms with Gasteiger partial charge in [-0.25, -0.2) is 8.42 Å². The first-order chi connectivity index (χ1) is 11.3. The van der Waals surface area contributed by atoms with Gasteiger partial charge in [0.25, 0.3) is 0 Å². The summed E-state index contributed by atoms with van der Waals surface area (Å²) in [5.74, 6) is 1.62. The first-order valence-corrected chi connectivity index (χ1v) is 10.1. The van der Waals surface area contributed by atoms with E-state index in [0.29, 0.717) is 18.8 Å². The van der Waals surface area contributed by atoms with Gasteiger partial charge in [-0.15, -0.1) is 0 Å². The summed E-state index contributed by atoms with van der Waals surface area (Å²) >= 11 is 0. The van der Waals surface area contributed by atoms with E-state index in [-0.39, 0.29) is 5.75 Å². The summed E-state index contributed by atoms with van der Waals surface area (Å²) in [7, 11) is -3.25. The van der Waals surface area contributed by atoms with E-state index in [1.807, 2.05) is 16.8 Å². The molecule has 0 aromatic carbocycles. The van der Waals surface area contributed by atoms with Crippen molar-refractivity contribution in [2.75, 3.05) is 18.6 Å². The van der Waals surface area contributed by atoms with Gasteiger partial charge in [-0.2, -0.15) is 5.10 Å². The zero-order valence-electron chi connectivity index (χ0n) is 14.0. The summed E-state index contributed by atoms with van der Waals surface area (Å²) in [5, 5.41) is 14.4. The molecule has 1 aliphatic rings. The summed E-state index contributed by atoms with van der Waals surface area (Å²) in [6.07, 6.45) is 0.916. The van der Waals surface area contributed by atoms with Crippen LogP contribution in [0.1, 0.15) is 35.9 Å². The molecule has 0 amide bonds. The van der Waals surface area contributed by atoms with E-state index in [1.165, 1.54) is 0 Å². The van der Waals surface area contributed by atoms with Crippen LogP contribution in [0.4, 0.5) is 0 Å². The summed E-state index contributed by atoms with van der Waals surface area (Å²) in [6.45, 7) is 5.03. The Hall–Kier alpha value is -1.64. The normalized spacial score (nSPS) is 17.0. The number of fused-ring (bicyclic) bond motifs is 1. The Balaban J connectivity index is 1.67. The van der Waals surface area contributed by atoms with E-state index < -0.39 is 15.9 Å². The number of aryl methyl sites for hydroxylation is 1. The predicted molar refractivity (Wildman–Crippen MR) is 89.1 cm³/mol. The minimum Gasteiger partial charge on any atom is -0.465 e. The number of aromatic nitrogens is 2. The van der Waals surface area contributed by atoms with Crippen molar-refractivity contribution in [2.24, 2.45) is 0 Å². The molecule has 0 fully saturated rings. The highest BCUT2D eigenvalue weighted by molar-refractivity contribution is 7.90. The van der Waals surface area contributed by atoms with Crippen molar-refractivity contribution in [3.05, 3.63) is 41.1 Å². The minimum absolute atomic E-state index is 0.306. The number of sulfone groups is 1. The van der Waals surface area contributed by atoms with Gasteiger partial charge in [-0.3, -0.25) is 9.58 Å². The lowest BCUT2D eigenvalue weighted by Crippen LogP contribution is -2.33. The average molecular weight is 353 g/mol. The minimum atomic E-state index is -3.25. The number of furan rings is 1. The molecule has 2 aromatic heterocycles. The Morgan fingerprint density at radius 2 is 2.08 bits per heavy atom. The predicted octanol–water partition coefficient (Wildman–Crippen LogP) is 1.13. The molecule has 0 radical (unpaired) electrons. The maximum absolute atomic E-state index is 11.3. The topological polar surface area (TPSA) is 88.6 Å². The molecule has 1 N–H and O–H groups in total. The third-order valence-corrected chi connectivity index (χ3v) is 5.06. The number of hydrogen-bond donors (Lipinski definition) is 1. The van der Waals surface area contributed by atoms with Crippen LogP contribution in [0, 0.1) is 0 Å². The number of aliphatic hydroxyl groups excluding tert-OH is 1. The summed E-state index contributed by atoms with van der Waals surface area (Å²) < 4.78 is 30.2. The van der Waals surface area contributed by atoms with Crippen LogP contribution in [0.15, 0.2) is 22.6 Å². The van der Waals surface area contributed by atoms with Crippen molar-refractivity contribution in [1.82, 2.24) is 14.7 Å². The molecule has 0 bridgehead atoms. The van der Waals surface area contributed by atoms with Crippen molar-refractivity contribution in [3.63, 3.8) is 0 Å². The van der Waals surface area contributed by atoms with Crippen LogP contribution in [0.2, 0.25) is 0 Å². The molecule has 8 heteroatoms. The van der Waals surface area contributed by atoms with Crippen molar-refractivity contribution < 1.29 is 17.9 Å². The fourth-order valence-electron chi connectivity index (χ4n) is 2.93. The van der Waals surface area contributed by atoms with Gasteiger partial charge >= 0.3 is 0 Å². The molecule has 132 valence electrons. The first kappa shape index (κ1) is 17.2. The maximum atomic E-state index is 11.3. The maximum Gasteiger partial charge on any atom is 0.150 e. The average Bonchev–Trinajstić information content (AvgIpc) is 3.11. The molecule has 7 nitrogen and oxygen atoms in total. The van der Waals surface area contributed by atoms with Gasteiger partial charge in [0.1, 0.15) is 27.5 Å². The highest BCUT2D eigenvalue weighted by atomic mass is 32.2. The molecule has 1 atom stereocenters. The zero-order chi connectivity index (χ0) is 17.3. The van der Waals surface area contributed by atoms with E-state index >= 15 is 0 Å². The van der Waals surface area contributed by atoms with E-state index in [0.717, 1.165) is 43.0 Å². The summed E-state index contributed by atoms with van der Waals surface area (Å²) in [5.41, 5.74) is 1.40. The highest BCUT2D eigenvalue weighted by Crippen LogP contribution is 2.21. The van der Waals surface area contributed by atoms with Crippen LogP contribution in [0.25, 0.3) is 0 Å². The quantitative estimate of drug-likeness (QED) is 0.838. The van der Waals surface area contributed by atoms with Crippen LogP contribution in [0.5, 0.6) is 0 Å². The molecule has 0 unspecified atom stereocenters. The monoisotopic (exact) mass is 353 g/mol. The number of aliphatic hydroxyl groups is 1. The highest BCUT2D eigenvalue weighted by Gasteiger charge is 2.23. The molecule has 2 aromatic rings. The lowest BCUT2D eigenvalue weighted by molar-refractivity contribution is 0.185. The second kappa shape index (κ2) is 6.70. The standard InChI is InChI=1S/C16H23N3O4S/c1-3-13-4-5-14(23-13)10-18-6-7-19-12(9-18)8-15(17-19)16(20)11-24(2,21)22/h4-5,8,16,20H,3,6-7,9-11H2,1-2H3/t16-/m0/s1. The second-order valence-corrected chi connectivity index (χ2v) is 8.51. The molecule has 3 rings (SSSR count). The molecule has 0 saturated heterocycles. The number of rotatable bonds is 6. The molecular weight excluding hydrogens is 330 g/mol. The van der Waals surface area contributed by atoms with Gasteiger partial charge in [0.15, 0.2) is 0 Å². The van der Waals surface area contributed by atoms with Gasteiger partial charge in [-0.05, 0) is 18.2 Å². The lowest BCUT2D eigenvalue weighted by Gasteiger charge is -2.26. The Labute approximate surface area is 141 Å². The molecule has 0 spiro atoms. The fourth-order valence-corrected chi connectivity index (χ4v) is 3.67. The third-order valence-electron chi connectivity index (χ3n) is 4.14. The van der Waals surface area contributed by atoms with Crippen LogP contribution >= 0.6 is 0 Å². The van der Waals surface area contributed by atoms with Crippen molar-refractivity contribution in [3.8, 4) is 0 Å². The van der Waals surface area contributed by atoms with E-state index in [1.54, 1.807) is 6.07 Å². The summed E-state index contributed by atoms with van der Waals surface area (Å²) in [4.78, 5) is 2.25. The molecule has 0 saturated carbocycles. The Kier molecular flexibility index (Phi) is 4.80. The lowest BCUT2D eigenvalue weighted by atomic mass is 10.2. The van der Waals surface area contributed by atoms with Crippen LogP contribution in [-0.4, -0.2) is 46.8 Å². The van der Waals surface area contributed by atoms with Gasteiger partial charge < -0.3 is 9.52 Å². The molecule has 1 aliphatic heterocycles. The largest absolute Gasteiger partial charge is 0.465 e. The van der Waals surface area contributed by atoms with E-state index in [9.17, 15) is 13.5 Å². The molecule has 24 heavy (non-hydrogen) atoms. The van der Waals surface area contributed by atoms with Crippen molar-refractivity contribution in [1.29, 1.82) is 0 Å². The fraction of sp³-hybridized carbons (Fsp3) is 0.562.